The topological polar surface area (TPSA) is 62.6 Å². The Hall–Kier alpha value is -3.38. The Balaban J connectivity index is 1.60. The Kier molecular flexibility index (Phi) is 6.42. The number of aromatic amines is 1. The largest absolute Gasteiger partial charge is 0.497 e. The maximum absolute atomic E-state index is 12.8. The van der Waals surface area contributed by atoms with Gasteiger partial charge in [0.1, 0.15) is 5.75 Å². The number of H-pyrrole nitrogens is 1. The van der Waals surface area contributed by atoms with E-state index in [2.05, 4.69) is 55.0 Å². The van der Waals surface area contributed by atoms with E-state index in [4.69, 9.17) is 9.72 Å². The first-order chi connectivity index (χ1) is 15.4. The van der Waals surface area contributed by atoms with Gasteiger partial charge in [0.05, 0.1) is 18.5 Å². The second kappa shape index (κ2) is 9.40. The molecule has 0 unspecified atom stereocenters. The fraction of sp³-hybridized carbons (Fsp3) is 0.308. The second-order valence-electron chi connectivity index (χ2n) is 8.73. The molecule has 6 heteroatoms. The third-order valence-corrected chi connectivity index (χ3v) is 5.41. The van der Waals surface area contributed by atoms with Crippen LogP contribution in [-0.4, -0.2) is 33.2 Å². The standard InChI is InChI=1S/C26H30N4O2/c1-18(2)15-29(16-20-8-10-23(32-4)11-9-20)17-22-13-26(31)30-25(27-22)14-24(28-30)21-7-5-6-19(3)12-21/h5-14,18,28H,15-17H2,1-4H3. The highest BCUT2D eigenvalue weighted by Gasteiger charge is 2.13. The Morgan fingerprint density at radius 1 is 1.06 bits per heavy atom. The number of nitrogens with zero attached hydrogens (tertiary/aromatic N) is 3. The molecule has 2 heterocycles. The van der Waals surface area contributed by atoms with Crippen molar-refractivity contribution in [1.82, 2.24) is 19.5 Å². The molecule has 4 aromatic rings. The van der Waals surface area contributed by atoms with Gasteiger partial charge in [-0.3, -0.25) is 14.8 Å². The molecule has 0 fully saturated rings. The van der Waals surface area contributed by atoms with E-state index < -0.39 is 0 Å². The van der Waals surface area contributed by atoms with Gasteiger partial charge in [0.15, 0.2) is 5.65 Å². The van der Waals surface area contributed by atoms with Crippen LogP contribution in [0.25, 0.3) is 16.9 Å². The number of benzene rings is 2. The molecule has 4 rings (SSSR count). The Morgan fingerprint density at radius 2 is 1.84 bits per heavy atom. The molecule has 0 aliphatic carbocycles. The van der Waals surface area contributed by atoms with Crippen LogP contribution in [-0.2, 0) is 13.1 Å². The van der Waals surface area contributed by atoms with Crippen LogP contribution in [0, 0.1) is 12.8 Å². The lowest BCUT2D eigenvalue weighted by Gasteiger charge is -2.24. The molecule has 0 aliphatic heterocycles. The summed E-state index contributed by atoms with van der Waals surface area (Å²) in [6.45, 7) is 8.76. The van der Waals surface area contributed by atoms with Crippen LogP contribution >= 0.6 is 0 Å². The first kappa shape index (κ1) is 21.8. The van der Waals surface area contributed by atoms with E-state index in [1.54, 1.807) is 13.2 Å². The van der Waals surface area contributed by atoms with Gasteiger partial charge in [0, 0.05) is 31.8 Å². The van der Waals surface area contributed by atoms with Crippen LogP contribution in [0.4, 0.5) is 0 Å². The van der Waals surface area contributed by atoms with Crippen molar-refractivity contribution >= 4 is 5.65 Å². The number of fused-ring (bicyclic) bond motifs is 1. The number of ether oxygens (including phenoxy) is 1. The Bertz CT molecular complexity index is 1260. The van der Waals surface area contributed by atoms with Crippen LogP contribution in [0.15, 0.2) is 65.5 Å². The van der Waals surface area contributed by atoms with Gasteiger partial charge in [-0.25, -0.2) is 9.50 Å². The van der Waals surface area contributed by atoms with Crippen molar-refractivity contribution in [3.8, 4) is 17.0 Å². The average molecular weight is 431 g/mol. The van der Waals surface area contributed by atoms with Crippen LogP contribution in [0.2, 0.25) is 0 Å². The van der Waals surface area contributed by atoms with E-state index in [0.29, 0.717) is 18.1 Å². The lowest BCUT2D eigenvalue weighted by atomic mass is 10.1. The third-order valence-electron chi connectivity index (χ3n) is 5.41. The predicted octanol–water partition coefficient (Wildman–Crippen LogP) is 4.66. The minimum atomic E-state index is -0.0992. The molecule has 0 spiro atoms. The van der Waals surface area contributed by atoms with Crippen LogP contribution < -0.4 is 10.3 Å². The van der Waals surface area contributed by atoms with Gasteiger partial charge in [-0.1, -0.05) is 49.7 Å². The summed E-state index contributed by atoms with van der Waals surface area (Å²) in [6, 6.07) is 19.9. The molecule has 0 amide bonds. The number of hydrogen-bond acceptors (Lipinski definition) is 4. The van der Waals surface area contributed by atoms with Crippen molar-refractivity contribution in [3.63, 3.8) is 0 Å². The number of rotatable bonds is 8. The van der Waals surface area contributed by atoms with Crippen molar-refractivity contribution in [2.75, 3.05) is 13.7 Å². The fourth-order valence-electron chi connectivity index (χ4n) is 4.00. The zero-order valence-corrected chi connectivity index (χ0v) is 19.1. The highest BCUT2D eigenvalue weighted by molar-refractivity contribution is 5.64. The molecule has 0 saturated heterocycles. The number of aromatic nitrogens is 3. The van der Waals surface area contributed by atoms with Gasteiger partial charge in [-0.2, -0.15) is 0 Å². The molecule has 2 aromatic carbocycles. The van der Waals surface area contributed by atoms with E-state index in [1.165, 1.54) is 15.6 Å². The maximum atomic E-state index is 12.8. The maximum Gasteiger partial charge on any atom is 0.272 e. The molecule has 2 aromatic heterocycles. The van der Waals surface area contributed by atoms with Gasteiger partial charge >= 0.3 is 0 Å². The summed E-state index contributed by atoms with van der Waals surface area (Å²) in [5.74, 6) is 1.35. The van der Waals surface area contributed by atoms with E-state index in [-0.39, 0.29) is 5.56 Å². The van der Waals surface area contributed by atoms with Crippen LogP contribution in [0.5, 0.6) is 5.75 Å². The van der Waals surface area contributed by atoms with Gasteiger partial charge < -0.3 is 4.74 Å². The van der Waals surface area contributed by atoms with E-state index in [1.807, 2.05) is 30.3 Å². The average Bonchev–Trinajstić information content (AvgIpc) is 3.19. The summed E-state index contributed by atoms with van der Waals surface area (Å²) in [5.41, 5.74) is 5.61. The molecule has 0 bridgehead atoms. The first-order valence-electron chi connectivity index (χ1n) is 11.0. The van der Waals surface area contributed by atoms with Gasteiger partial charge in [-0.05, 0) is 42.2 Å². The molecule has 32 heavy (non-hydrogen) atoms. The molecule has 6 nitrogen and oxygen atoms in total. The molecule has 0 atom stereocenters. The lowest BCUT2D eigenvalue weighted by molar-refractivity contribution is 0.225. The van der Waals surface area contributed by atoms with Gasteiger partial charge in [-0.15, -0.1) is 0 Å². The summed E-state index contributed by atoms with van der Waals surface area (Å²) in [5, 5.41) is 3.19. The molecular formula is C26H30N4O2. The summed E-state index contributed by atoms with van der Waals surface area (Å²) in [6.07, 6.45) is 0. The van der Waals surface area contributed by atoms with Crippen molar-refractivity contribution in [3.05, 3.63) is 87.8 Å². The van der Waals surface area contributed by atoms with E-state index in [9.17, 15) is 4.79 Å². The first-order valence-corrected chi connectivity index (χ1v) is 11.0. The number of hydrogen-bond donors (Lipinski definition) is 1. The Morgan fingerprint density at radius 3 is 2.53 bits per heavy atom. The summed E-state index contributed by atoms with van der Waals surface area (Å²) in [4.78, 5) is 19.9. The number of nitrogens with one attached hydrogen (secondary N) is 1. The minimum absolute atomic E-state index is 0.0992. The SMILES string of the molecule is COc1ccc(CN(Cc2cc(=O)n3[nH]c(-c4cccc(C)c4)cc3n2)CC(C)C)cc1. The van der Waals surface area contributed by atoms with Gasteiger partial charge in [0.25, 0.3) is 5.56 Å². The molecule has 0 radical (unpaired) electrons. The minimum Gasteiger partial charge on any atom is -0.497 e. The highest BCUT2D eigenvalue weighted by atomic mass is 16.5. The Labute approximate surface area is 188 Å². The highest BCUT2D eigenvalue weighted by Crippen LogP contribution is 2.20. The zero-order chi connectivity index (χ0) is 22.7. The van der Waals surface area contributed by atoms with Crippen molar-refractivity contribution in [1.29, 1.82) is 0 Å². The molecule has 0 saturated carbocycles. The summed E-state index contributed by atoms with van der Waals surface area (Å²) >= 11 is 0. The molecule has 1 N–H and O–H groups in total. The number of methoxy groups -OCH3 is 1. The van der Waals surface area contributed by atoms with Crippen molar-refractivity contribution in [2.45, 2.75) is 33.9 Å². The third kappa shape index (κ3) is 5.08. The lowest BCUT2D eigenvalue weighted by Crippen LogP contribution is -2.28. The summed E-state index contributed by atoms with van der Waals surface area (Å²) in [7, 11) is 1.67. The fourth-order valence-corrected chi connectivity index (χ4v) is 4.00. The predicted molar refractivity (Wildman–Crippen MR) is 128 cm³/mol. The van der Waals surface area contributed by atoms with Crippen LogP contribution in [0.1, 0.15) is 30.7 Å². The normalized spacial score (nSPS) is 11.6. The van der Waals surface area contributed by atoms with E-state index >= 15 is 0 Å². The second-order valence-corrected chi connectivity index (χ2v) is 8.73. The number of aryl methyl sites for hydroxylation is 1. The monoisotopic (exact) mass is 430 g/mol. The van der Waals surface area contributed by atoms with E-state index in [0.717, 1.165) is 35.8 Å². The smallest absolute Gasteiger partial charge is 0.272 e. The zero-order valence-electron chi connectivity index (χ0n) is 19.1. The summed E-state index contributed by atoms with van der Waals surface area (Å²) < 4.78 is 6.78. The molecule has 0 aliphatic rings. The van der Waals surface area contributed by atoms with Crippen molar-refractivity contribution in [2.24, 2.45) is 5.92 Å². The van der Waals surface area contributed by atoms with Crippen molar-refractivity contribution < 1.29 is 4.74 Å². The van der Waals surface area contributed by atoms with Crippen LogP contribution in [0.3, 0.4) is 0 Å². The molecular weight excluding hydrogens is 400 g/mol. The quantitative estimate of drug-likeness (QED) is 0.441. The molecule has 166 valence electrons. The van der Waals surface area contributed by atoms with Gasteiger partial charge in [0.2, 0.25) is 0 Å².